The SMILES string of the molecule is O=C(C1CC1)N1CCC(COc2ccc3nc(C4CC4)cn3n2)CC1. The zero-order chi connectivity index (χ0) is 16.8. The number of amides is 1. The van der Waals surface area contributed by atoms with Crippen molar-refractivity contribution < 1.29 is 9.53 Å². The Kier molecular flexibility index (Phi) is 3.64. The van der Waals surface area contributed by atoms with Crippen LogP contribution in [0.25, 0.3) is 5.65 Å². The molecule has 5 rings (SSSR count). The lowest BCUT2D eigenvalue weighted by Gasteiger charge is -2.31. The Bertz CT molecular complexity index is 786. The van der Waals surface area contributed by atoms with E-state index in [1.54, 1.807) is 0 Å². The summed E-state index contributed by atoms with van der Waals surface area (Å²) in [6.07, 6.45) is 8.75. The lowest BCUT2D eigenvalue weighted by molar-refractivity contribution is -0.134. The Morgan fingerprint density at radius 2 is 1.92 bits per heavy atom. The van der Waals surface area contributed by atoms with Gasteiger partial charge in [-0.3, -0.25) is 4.79 Å². The maximum atomic E-state index is 12.1. The van der Waals surface area contributed by atoms with Crippen molar-refractivity contribution in [2.24, 2.45) is 11.8 Å². The number of nitrogens with zero attached hydrogens (tertiary/aromatic N) is 4. The molecule has 2 aromatic heterocycles. The number of rotatable bonds is 5. The van der Waals surface area contributed by atoms with Crippen LogP contribution < -0.4 is 4.74 Å². The van der Waals surface area contributed by atoms with Gasteiger partial charge in [0.15, 0.2) is 5.65 Å². The van der Waals surface area contributed by atoms with Crippen molar-refractivity contribution in [2.45, 2.75) is 44.4 Å². The third-order valence-electron chi connectivity index (χ3n) is 5.63. The largest absolute Gasteiger partial charge is 0.476 e. The van der Waals surface area contributed by atoms with Crippen molar-refractivity contribution >= 4 is 11.6 Å². The average molecular weight is 340 g/mol. The molecule has 3 fully saturated rings. The summed E-state index contributed by atoms with van der Waals surface area (Å²) in [6, 6.07) is 3.88. The van der Waals surface area contributed by atoms with Gasteiger partial charge in [0.05, 0.1) is 18.5 Å². The smallest absolute Gasteiger partial charge is 0.231 e. The fourth-order valence-corrected chi connectivity index (χ4v) is 3.65. The van der Waals surface area contributed by atoms with Crippen LogP contribution >= 0.6 is 0 Å². The van der Waals surface area contributed by atoms with Crippen LogP contribution in [0.2, 0.25) is 0 Å². The number of aromatic nitrogens is 3. The lowest BCUT2D eigenvalue weighted by atomic mass is 9.97. The van der Waals surface area contributed by atoms with Crippen molar-refractivity contribution in [2.75, 3.05) is 19.7 Å². The third-order valence-corrected chi connectivity index (χ3v) is 5.63. The van der Waals surface area contributed by atoms with Crippen molar-refractivity contribution in [1.82, 2.24) is 19.5 Å². The number of carbonyl (C=O) groups is 1. The number of hydrogen-bond acceptors (Lipinski definition) is 4. The van der Waals surface area contributed by atoms with Crippen LogP contribution in [0.4, 0.5) is 0 Å². The summed E-state index contributed by atoms with van der Waals surface area (Å²) in [5.74, 6) is 2.50. The van der Waals surface area contributed by atoms with E-state index < -0.39 is 0 Å². The Morgan fingerprint density at radius 3 is 2.64 bits per heavy atom. The fraction of sp³-hybridized carbons (Fsp3) is 0.632. The van der Waals surface area contributed by atoms with E-state index in [0.717, 1.165) is 50.1 Å². The van der Waals surface area contributed by atoms with Gasteiger partial charge in [-0.2, -0.15) is 0 Å². The monoisotopic (exact) mass is 340 g/mol. The molecule has 0 atom stereocenters. The van der Waals surface area contributed by atoms with Gasteiger partial charge in [0.2, 0.25) is 11.8 Å². The predicted octanol–water partition coefficient (Wildman–Crippen LogP) is 2.63. The molecule has 0 unspecified atom stereocenters. The first-order valence-electron chi connectivity index (χ1n) is 9.54. The minimum Gasteiger partial charge on any atom is -0.476 e. The number of carbonyl (C=O) groups excluding carboxylic acids is 1. The highest BCUT2D eigenvalue weighted by Gasteiger charge is 2.35. The van der Waals surface area contributed by atoms with Crippen molar-refractivity contribution in [3.05, 3.63) is 24.0 Å². The van der Waals surface area contributed by atoms with E-state index in [-0.39, 0.29) is 0 Å². The predicted molar refractivity (Wildman–Crippen MR) is 92.5 cm³/mol. The van der Waals surface area contributed by atoms with Gasteiger partial charge < -0.3 is 9.64 Å². The van der Waals surface area contributed by atoms with Crippen molar-refractivity contribution in [3.8, 4) is 5.88 Å². The summed E-state index contributed by atoms with van der Waals surface area (Å²) < 4.78 is 7.76. The van der Waals surface area contributed by atoms with E-state index in [0.29, 0.717) is 36.1 Å². The van der Waals surface area contributed by atoms with Crippen LogP contribution in [-0.4, -0.2) is 45.1 Å². The van der Waals surface area contributed by atoms with Crippen LogP contribution in [0, 0.1) is 11.8 Å². The molecule has 6 nitrogen and oxygen atoms in total. The van der Waals surface area contributed by atoms with Gasteiger partial charge in [0.25, 0.3) is 0 Å². The molecule has 0 bridgehead atoms. The Balaban J connectivity index is 1.16. The number of fused-ring (bicyclic) bond motifs is 1. The van der Waals surface area contributed by atoms with Crippen LogP contribution in [0.5, 0.6) is 5.88 Å². The molecule has 0 spiro atoms. The quantitative estimate of drug-likeness (QED) is 0.839. The average Bonchev–Trinajstić information content (AvgIpc) is 3.56. The van der Waals surface area contributed by atoms with Gasteiger partial charge in [-0.25, -0.2) is 9.50 Å². The molecule has 2 aromatic rings. The maximum absolute atomic E-state index is 12.1. The molecule has 1 aliphatic heterocycles. The van der Waals surface area contributed by atoms with E-state index >= 15 is 0 Å². The molecule has 1 amide bonds. The summed E-state index contributed by atoms with van der Waals surface area (Å²) in [6.45, 7) is 2.43. The van der Waals surface area contributed by atoms with E-state index in [1.807, 2.05) is 27.7 Å². The summed E-state index contributed by atoms with van der Waals surface area (Å²) in [5, 5.41) is 4.53. The van der Waals surface area contributed by atoms with Crippen LogP contribution in [-0.2, 0) is 4.79 Å². The first kappa shape index (κ1) is 15.2. The maximum Gasteiger partial charge on any atom is 0.231 e. The third kappa shape index (κ3) is 3.22. The number of hydrogen-bond donors (Lipinski definition) is 0. The van der Waals surface area contributed by atoms with Crippen LogP contribution in [0.3, 0.4) is 0 Å². The van der Waals surface area contributed by atoms with E-state index in [4.69, 9.17) is 4.74 Å². The summed E-state index contributed by atoms with van der Waals surface area (Å²) in [5.41, 5.74) is 2.04. The molecule has 3 aliphatic rings. The number of piperidine rings is 1. The standard InChI is InChI=1S/C19H24N4O2/c24-19(15-3-4-15)22-9-7-13(8-10-22)12-25-18-6-5-17-20-16(14-1-2-14)11-23(17)21-18/h5-6,11,13-15H,1-4,7-10,12H2. The normalized spacial score (nSPS) is 21.7. The second kappa shape index (κ2) is 6.00. The van der Waals surface area contributed by atoms with Crippen molar-refractivity contribution in [1.29, 1.82) is 0 Å². The molecule has 2 saturated carbocycles. The van der Waals surface area contributed by atoms with E-state index in [1.165, 1.54) is 12.8 Å². The molecule has 1 saturated heterocycles. The first-order valence-corrected chi connectivity index (χ1v) is 9.54. The van der Waals surface area contributed by atoms with Gasteiger partial charge in [-0.05, 0) is 50.5 Å². The highest BCUT2D eigenvalue weighted by Crippen LogP contribution is 2.39. The number of ether oxygens (including phenoxy) is 1. The van der Waals surface area contributed by atoms with Crippen molar-refractivity contribution in [3.63, 3.8) is 0 Å². The number of likely N-dealkylation sites (tertiary alicyclic amines) is 1. The Hall–Kier alpha value is -2.11. The van der Waals surface area contributed by atoms with E-state index in [2.05, 4.69) is 10.1 Å². The minimum absolute atomic E-state index is 0.333. The van der Waals surface area contributed by atoms with Crippen LogP contribution in [0.15, 0.2) is 18.3 Å². The van der Waals surface area contributed by atoms with Gasteiger partial charge >= 0.3 is 0 Å². The molecule has 3 heterocycles. The van der Waals surface area contributed by atoms with E-state index in [9.17, 15) is 4.79 Å². The molecule has 6 heteroatoms. The highest BCUT2D eigenvalue weighted by atomic mass is 16.5. The van der Waals surface area contributed by atoms with Crippen LogP contribution in [0.1, 0.15) is 50.1 Å². The molecule has 132 valence electrons. The summed E-state index contributed by atoms with van der Waals surface area (Å²) in [7, 11) is 0. The Labute approximate surface area is 147 Å². The second-order valence-corrected chi connectivity index (χ2v) is 7.77. The topological polar surface area (TPSA) is 59.7 Å². The zero-order valence-electron chi connectivity index (χ0n) is 14.4. The molecule has 0 N–H and O–H groups in total. The molecular weight excluding hydrogens is 316 g/mol. The minimum atomic E-state index is 0.333. The lowest BCUT2D eigenvalue weighted by Crippen LogP contribution is -2.40. The van der Waals surface area contributed by atoms with Gasteiger partial charge in [-0.15, -0.1) is 5.10 Å². The van der Waals surface area contributed by atoms with Gasteiger partial charge in [0.1, 0.15) is 0 Å². The van der Waals surface area contributed by atoms with Gasteiger partial charge in [0, 0.05) is 31.0 Å². The Morgan fingerprint density at radius 1 is 1.12 bits per heavy atom. The zero-order valence-corrected chi connectivity index (χ0v) is 14.4. The summed E-state index contributed by atoms with van der Waals surface area (Å²) in [4.78, 5) is 18.8. The fourth-order valence-electron chi connectivity index (χ4n) is 3.65. The van der Waals surface area contributed by atoms with Gasteiger partial charge in [-0.1, -0.05) is 0 Å². The molecule has 0 radical (unpaired) electrons. The molecular formula is C19H24N4O2. The second-order valence-electron chi connectivity index (χ2n) is 7.77. The number of imidazole rings is 1. The molecule has 25 heavy (non-hydrogen) atoms. The highest BCUT2D eigenvalue weighted by molar-refractivity contribution is 5.81. The first-order chi connectivity index (χ1) is 12.3. The molecule has 2 aliphatic carbocycles. The summed E-state index contributed by atoms with van der Waals surface area (Å²) >= 11 is 0. The molecule has 0 aromatic carbocycles.